The lowest BCUT2D eigenvalue weighted by molar-refractivity contribution is -0.142. The SMILES string of the molecule is CSCCC(NC(=O)CN)C(=O)NC(C)C(=O)NC(Cc1ccc(O)cc1)C(=O)O. The molecular weight excluding hydrogens is 412 g/mol. The van der Waals surface area contributed by atoms with Crippen LogP contribution in [0.1, 0.15) is 18.9 Å². The van der Waals surface area contributed by atoms with Crippen LogP contribution in [0.5, 0.6) is 5.75 Å². The van der Waals surface area contributed by atoms with Crippen molar-refractivity contribution in [2.45, 2.75) is 37.9 Å². The van der Waals surface area contributed by atoms with Crippen LogP contribution in [-0.4, -0.2) is 70.6 Å². The first-order chi connectivity index (χ1) is 14.2. The third kappa shape index (κ3) is 8.70. The lowest BCUT2D eigenvalue weighted by atomic mass is 10.1. The molecule has 0 fully saturated rings. The maximum Gasteiger partial charge on any atom is 0.326 e. The van der Waals surface area contributed by atoms with Crippen molar-refractivity contribution in [2.75, 3.05) is 18.6 Å². The van der Waals surface area contributed by atoms with Gasteiger partial charge in [-0.1, -0.05) is 12.1 Å². The summed E-state index contributed by atoms with van der Waals surface area (Å²) in [6.45, 7) is 1.15. The zero-order valence-corrected chi connectivity index (χ0v) is 17.7. The van der Waals surface area contributed by atoms with E-state index in [1.807, 2.05) is 6.26 Å². The lowest BCUT2D eigenvalue weighted by Crippen LogP contribution is -2.55. The zero-order chi connectivity index (χ0) is 22.7. The molecule has 0 saturated carbocycles. The molecule has 11 heteroatoms. The number of nitrogens with two attached hydrogens (primary N) is 1. The topological polar surface area (TPSA) is 171 Å². The maximum absolute atomic E-state index is 12.5. The fourth-order valence-electron chi connectivity index (χ4n) is 2.50. The van der Waals surface area contributed by atoms with Crippen LogP contribution < -0.4 is 21.7 Å². The Labute approximate surface area is 179 Å². The van der Waals surface area contributed by atoms with Gasteiger partial charge < -0.3 is 31.9 Å². The standard InChI is InChI=1S/C19H28N4O6S/c1-11(21-18(27)14(7-8-30-2)22-16(25)10-20)17(26)23-15(19(28)29)9-12-3-5-13(24)6-4-12/h3-6,11,14-15,24H,7-10,20H2,1-2H3,(H,21,27)(H,22,25)(H,23,26)(H,28,29). The molecule has 3 atom stereocenters. The Balaban J connectivity index is 2.72. The summed E-state index contributed by atoms with van der Waals surface area (Å²) in [5, 5.41) is 26.1. The molecule has 1 aromatic rings. The van der Waals surface area contributed by atoms with Gasteiger partial charge in [-0.15, -0.1) is 0 Å². The third-order valence-corrected chi connectivity index (χ3v) is 4.83. The number of rotatable bonds is 12. The van der Waals surface area contributed by atoms with Crippen molar-refractivity contribution in [3.05, 3.63) is 29.8 Å². The number of aromatic hydroxyl groups is 1. The van der Waals surface area contributed by atoms with Crippen LogP contribution in [0, 0.1) is 0 Å². The van der Waals surface area contributed by atoms with Gasteiger partial charge in [0, 0.05) is 6.42 Å². The minimum Gasteiger partial charge on any atom is -0.508 e. The number of carboxylic acid groups (broad SMARTS) is 1. The first-order valence-electron chi connectivity index (χ1n) is 9.27. The van der Waals surface area contributed by atoms with Crippen LogP contribution in [0.3, 0.4) is 0 Å². The van der Waals surface area contributed by atoms with Crippen LogP contribution in [0.25, 0.3) is 0 Å². The molecule has 1 rings (SSSR count). The van der Waals surface area contributed by atoms with Gasteiger partial charge in [-0.2, -0.15) is 11.8 Å². The Bertz CT molecular complexity index is 743. The van der Waals surface area contributed by atoms with Gasteiger partial charge in [-0.25, -0.2) is 4.79 Å². The second-order valence-electron chi connectivity index (χ2n) is 6.61. The molecule has 7 N–H and O–H groups in total. The average molecular weight is 441 g/mol. The predicted octanol–water partition coefficient (Wildman–Crippen LogP) is -0.795. The molecule has 0 spiro atoms. The Kier molecular flexibility index (Phi) is 10.7. The number of aliphatic carboxylic acids is 1. The fourth-order valence-corrected chi connectivity index (χ4v) is 2.97. The second-order valence-corrected chi connectivity index (χ2v) is 7.59. The highest BCUT2D eigenvalue weighted by atomic mass is 32.2. The Morgan fingerprint density at radius 3 is 2.20 bits per heavy atom. The average Bonchev–Trinajstić information content (AvgIpc) is 2.71. The monoisotopic (exact) mass is 440 g/mol. The van der Waals surface area contributed by atoms with Gasteiger partial charge in [0.2, 0.25) is 17.7 Å². The summed E-state index contributed by atoms with van der Waals surface area (Å²) >= 11 is 1.50. The molecular formula is C19H28N4O6S. The van der Waals surface area contributed by atoms with Gasteiger partial charge in [0.15, 0.2) is 0 Å². The van der Waals surface area contributed by atoms with Crippen molar-refractivity contribution in [3.8, 4) is 5.75 Å². The number of hydrogen-bond acceptors (Lipinski definition) is 7. The fraction of sp³-hybridized carbons (Fsp3) is 0.474. The van der Waals surface area contributed by atoms with E-state index in [0.717, 1.165) is 0 Å². The Morgan fingerprint density at radius 2 is 1.67 bits per heavy atom. The van der Waals surface area contributed by atoms with Crippen LogP contribution >= 0.6 is 11.8 Å². The largest absolute Gasteiger partial charge is 0.508 e. The van der Waals surface area contributed by atoms with Gasteiger partial charge >= 0.3 is 5.97 Å². The van der Waals surface area contributed by atoms with E-state index >= 15 is 0 Å². The Hall–Kier alpha value is -2.79. The van der Waals surface area contributed by atoms with E-state index in [4.69, 9.17) is 5.73 Å². The van der Waals surface area contributed by atoms with Crippen LogP contribution in [0.15, 0.2) is 24.3 Å². The second kappa shape index (κ2) is 12.7. The summed E-state index contributed by atoms with van der Waals surface area (Å²) in [6, 6.07) is 2.86. The number of phenols is 1. The van der Waals surface area contributed by atoms with Crippen molar-refractivity contribution in [2.24, 2.45) is 5.73 Å². The number of carboxylic acids is 1. The van der Waals surface area contributed by atoms with E-state index in [1.54, 1.807) is 12.1 Å². The molecule has 3 unspecified atom stereocenters. The number of carbonyl (C=O) groups is 4. The van der Waals surface area contributed by atoms with Crippen molar-refractivity contribution in [1.29, 1.82) is 0 Å². The van der Waals surface area contributed by atoms with Crippen molar-refractivity contribution in [3.63, 3.8) is 0 Å². The summed E-state index contributed by atoms with van der Waals surface area (Å²) in [4.78, 5) is 47.9. The van der Waals surface area contributed by atoms with E-state index in [-0.39, 0.29) is 18.7 Å². The maximum atomic E-state index is 12.5. The van der Waals surface area contributed by atoms with Crippen molar-refractivity contribution < 1.29 is 29.4 Å². The van der Waals surface area contributed by atoms with E-state index in [0.29, 0.717) is 17.7 Å². The lowest BCUT2D eigenvalue weighted by Gasteiger charge is -2.22. The van der Waals surface area contributed by atoms with E-state index in [2.05, 4.69) is 16.0 Å². The minimum atomic E-state index is -1.23. The summed E-state index contributed by atoms with van der Waals surface area (Å²) in [5.41, 5.74) is 5.88. The highest BCUT2D eigenvalue weighted by Crippen LogP contribution is 2.11. The van der Waals surface area contributed by atoms with Gasteiger partial charge in [0.25, 0.3) is 0 Å². The third-order valence-electron chi connectivity index (χ3n) is 4.19. The predicted molar refractivity (Wildman–Crippen MR) is 113 cm³/mol. The van der Waals surface area contributed by atoms with Crippen LogP contribution in [-0.2, 0) is 25.6 Å². The molecule has 0 aliphatic heterocycles. The van der Waals surface area contributed by atoms with Crippen molar-refractivity contribution in [1.82, 2.24) is 16.0 Å². The number of benzene rings is 1. The number of phenolic OH excluding ortho intramolecular Hbond substituents is 1. The normalized spacial score (nSPS) is 13.6. The highest BCUT2D eigenvalue weighted by molar-refractivity contribution is 7.98. The Morgan fingerprint density at radius 1 is 1.03 bits per heavy atom. The summed E-state index contributed by atoms with van der Waals surface area (Å²) in [7, 11) is 0. The molecule has 0 aromatic heterocycles. The summed E-state index contributed by atoms with van der Waals surface area (Å²) < 4.78 is 0. The van der Waals surface area contributed by atoms with Gasteiger partial charge in [-0.3, -0.25) is 14.4 Å². The summed E-state index contributed by atoms with van der Waals surface area (Å²) in [5.74, 6) is -2.31. The van der Waals surface area contributed by atoms with Crippen molar-refractivity contribution >= 4 is 35.5 Å². The van der Waals surface area contributed by atoms with E-state index < -0.39 is 41.8 Å². The number of hydrogen-bond donors (Lipinski definition) is 6. The van der Waals surface area contributed by atoms with E-state index in [1.165, 1.54) is 30.8 Å². The molecule has 30 heavy (non-hydrogen) atoms. The number of thioether (sulfide) groups is 1. The molecule has 0 aliphatic carbocycles. The first-order valence-corrected chi connectivity index (χ1v) is 10.7. The number of amides is 3. The summed E-state index contributed by atoms with van der Waals surface area (Å²) in [6.07, 6.45) is 2.21. The highest BCUT2D eigenvalue weighted by Gasteiger charge is 2.27. The smallest absolute Gasteiger partial charge is 0.326 e. The molecule has 0 aliphatic rings. The van der Waals surface area contributed by atoms with Gasteiger partial charge in [0.1, 0.15) is 23.9 Å². The van der Waals surface area contributed by atoms with Gasteiger partial charge in [0.05, 0.1) is 6.54 Å². The quantitative estimate of drug-likeness (QED) is 0.245. The van der Waals surface area contributed by atoms with Crippen LogP contribution in [0.4, 0.5) is 0 Å². The molecule has 3 amide bonds. The number of nitrogens with one attached hydrogen (secondary N) is 3. The molecule has 0 radical (unpaired) electrons. The molecule has 10 nitrogen and oxygen atoms in total. The van der Waals surface area contributed by atoms with Crippen LogP contribution in [0.2, 0.25) is 0 Å². The van der Waals surface area contributed by atoms with Gasteiger partial charge in [-0.05, 0) is 43.0 Å². The molecule has 1 aromatic carbocycles. The molecule has 0 bridgehead atoms. The number of carbonyl (C=O) groups excluding carboxylic acids is 3. The molecule has 0 saturated heterocycles. The first kappa shape index (κ1) is 25.2. The molecule has 166 valence electrons. The van der Waals surface area contributed by atoms with E-state index in [9.17, 15) is 29.4 Å². The molecule has 0 heterocycles. The zero-order valence-electron chi connectivity index (χ0n) is 16.9. The minimum absolute atomic E-state index is 0.00489.